The lowest BCUT2D eigenvalue weighted by atomic mass is 10.0. The molecule has 1 N–H and O–H groups in total. The Labute approximate surface area is 275 Å². The van der Waals surface area contributed by atoms with Gasteiger partial charge in [-0.3, -0.25) is 13.9 Å². The van der Waals surface area contributed by atoms with E-state index in [2.05, 4.69) is 5.32 Å². The van der Waals surface area contributed by atoms with E-state index in [1.807, 2.05) is 51.1 Å². The molecule has 0 fully saturated rings. The molecule has 0 spiro atoms. The van der Waals surface area contributed by atoms with E-state index in [0.717, 1.165) is 15.4 Å². The molecular weight excluding hydrogens is 629 g/mol. The molecule has 0 heterocycles. The molecule has 0 bridgehead atoms. The zero-order chi connectivity index (χ0) is 32.6. The molecule has 7 nitrogen and oxygen atoms in total. The second-order valence-electron chi connectivity index (χ2n) is 11.2. The van der Waals surface area contributed by atoms with E-state index < -0.39 is 28.5 Å². The average Bonchev–Trinajstić information content (AvgIpc) is 3.02. The van der Waals surface area contributed by atoms with E-state index in [4.69, 9.17) is 23.2 Å². The number of amides is 2. The van der Waals surface area contributed by atoms with Crippen molar-refractivity contribution in [2.24, 2.45) is 5.92 Å². The smallest absolute Gasteiger partial charge is 0.264 e. The summed E-state index contributed by atoms with van der Waals surface area (Å²) in [6.07, 6.45) is 0.189. The van der Waals surface area contributed by atoms with E-state index in [1.165, 1.54) is 17.0 Å². The number of rotatable bonds is 13. The molecule has 10 heteroatoms. The van der Waals surface area contributed by atoms with E-state index in [0.29, 0.717) is 27.8 Å². The molecular formula is C35H37Cl2N3O4S. The zero-order valence-electron chi connectivity index (χ0n) is 25.5. The van der Waals surface area contributed by atoms with Crippen molar-refractivity contribution in [3.05, 3.63) is 130 Å². The predicted molar refractivity (Wildman–Crippen MR) is 181 cm³/mol. The maximum absolute atomic E-state index is 14.5. The van der Waals surface area contributed by atoms with Gasteiger partial charge in [0.15, 0.2) is 0 Å². The van der Waals surface area contributed by atoms with Crippen LogP contribution in [0.1, 0.15) is 30.5 Å². The Morgan fingerprint density at radius 1 is 0.800 bits per heavy atom. The lowest BCUT2D eigenvalue weighted by Gasteiger charge is -2.34. The van der Waals surface area contributed by atoms with Gasteiger partial charge in [0.25, 0.3) is 10.0 Å². The summed E-state index contributed by atoms with van der Waals surface area (Å²) in [5.41, 5.74) is 2.50. The summed E-state index contributed by atoms with van der Waals surface area (Å²) in [4.78, 5) is 29.8. The van der Waals surface area contributed by atoms with Crippen molar-refractivity contribution in [1.29, 1.82) is 0 Å². The van der Waals surface area contributed by atoms with Gasteiger partial charge in [-0.2, -0.15) is 0 Å². The summed E-state index contributed by atoms with van der Waals surface area (Å²) in [5, 5.41) is 3.62. The van der Waals surface area contributed by atoms with Gasteiger partial charge in [-0.05, 0) is 54.8 Å². The number of carbonyl (C=O) groups excluding carboxylic acids is 2. The molecule has 0 aromatic heterocycles. The van der Waals surface area contributed by atoms with Crippen molar-refractivity contribution in [2.75, 3.05) is 17.4 Å². The summed E-state index contributed by atoms with van der Waals surface area (Å²) in [6.45, 7) is 5.54. The zero-order valence-corrected chi connectivity index (χ0v) is 27.8. The Morgan fingerprint density at radius 2 is 1.38 bits per heavy atom. The molecule has 45 heavy (non-hydrogen) atoms. The number of para-hydroxylation sites is 1. The van der Waals surface area contributed by atoms with E-state index in [9.17, 15) is 18.0 Å². The van der Waals surface area contributed by atoms with Gasteiger partial charge in [0, 0.05) is 35.1 Å². The number of halogens is 2. The molecule has 4 aromatic rings. The Hall–Kier alpha value is -3.85. The lowest BCUT2D eigenvalue weighted by molar-refractivity contribution is -0.140. The van der Waals surface area contributed by atoms with Crippen LogP contribution in [-0.4, -0.2) is 44.3 Å². The molecule has 236 valence electrons. The van der Waals surface area contributed by atoms with Crippen molar-refractivity contribution >= 4 is 50.7 Å². The first kappa shape index (κ1) is 34.0. The quantitative estimate of drug-likeness (QED) is 0.168. The molecule has 2 amide bonds. The topological polar surface area (TPSA) is 86.8 Å². The molecule has 4 aromatic carbocycles. The number of anilines is 1. The number of nitrogens with zero attached hydrogens (tertiary/aromatic N) is 2. The third-order valence-corrected chi connectivity index (χ3v) is 9.77. The summed E-state index contributed by atoms with van der Waals surface area (Å²) in [5.74, 6) is -0.787. The van der Waals surface area contributed by atoms with Crippen LogP contribution in [0.3, 0.4) is 0 Å². The Morgan fingerprint density at radius 3 is 1.96 bits per heavy atom. The summed E-state index contributed by atoms with van der Waals surface area (Å²) < 4.78 is 29.2. The fourth-order valence-electron chi connectivity index (χ4n) is 4.79. The van der Waals surface area contributed by atoms with Crippen LogP contribution in [0.25, 0.3) is 0 Å². The minimum absolute atomic E-state index is 0.0426. The Kier molecular flexibility index (Phi) is 11.7. The second-order valence-corrected chi connectivity index (χ2v) is 13.9. The van der Waals surface area contributed by atoms with Gasteiger partial charge in [0.1, 0.15) is 12.6 Å². The summed E-state index contributed by atoms with van der Waals surface area (Å²) >= 11 is 13.1. The first-order valence-corrected chi connectivity index (χ1v) is 16.9. The highest BCUT2D eigenvalue weighted by atomic mass is 35.5. The summed E-state index contributed by atoms with van der Waals surface area (Å²) in [6, 6.07) is 28.3. The molecule has 4 rings (SSSR count). The highest BCUT2D eigenvalue weighted by Crippen LogP contribution is 2.29. The van der Waals surface area contributed by atoms with Crippen molar-refractivity contribution < 1.29 is 18.0 Å². The van der Waals surface area contributed by atoms with Crippen LogP contribution in [-0.2, 0) is 32.6 Å². The minimum Gasteiger partial charge on any atom is -0.354 e. The van der Waals surface area contributed by atoms with Crippen LogP contribution >= 0.6 is 23.2 Å². The van der Waals surface area contributed by atoms with Gasteiger partial charge >= 0.3 is 0 Å². The normalized spacial score (nSPS) is 12.0. The van der Waals surface area contributed by atoms with Crippen LogP contribution in [0.4, 0.5) is 5.69 Å². The molecule has 0 radical (unpaired) electrons. The largest absolute Gasteiger partial charge is 0.354 e. The average molecular weight is 667 g/mol. The van der Waals surface area contributed by atoms with E-state index in [-0.39, 0.29) is 29.7 Å². The maximum atomic E-state index is 14.5. The van der Waals surface area contributed by atoms with Crippen LogP contribution in [0.5, 0.6) is 0 Å². The lowest BCUT2D eigenvalue weighted by Crippen LogP contribution is -2.53. The number of carbonyl (C=O) groups is 2. The number of benzene rings is 4. The van der Waals surface area contributed by atoms with Gasteiger partial charge in [-0.25, -0.2) is 8.42 Å². The molecule has 0 saturated carbocycles. The van der Waals surface area contributed by atoms with Crippen molar-refractivity contribution in [3.63, 3.8) is 0 Å². The van der Waals surface area contributed by atoms with Gasteiger partial charge in [0.2, 0.25) is 11.8 Å². The highest BCUT2D eigenvalue weighted by Gasteiger charge is 2.35. The molecule has 1 unspecified atom stereocenters. The first-order valence-electron chi connectivity index (χ1n) is 14.7. The Bertz CT molecular complexity index is 1680. The van der Waals surface area contributed by atoms with Crippen molar-refractivity contribution in [1.82, 2.24) is 10.2 Å². The number of nitrogens with one attached hydrogen (secondary N) is 1. The number of aryl methyl sites for hydroxylation is 1. The standard InChI is InChI=1S/C35H37Cl2N3O4S/c1-25(2)22-38-35(42)33(21-27-11-6-4-7-12-27)39(23-30-31(36)15-10-16-32(30)37)34(41)24-40(28-13-8-5-9-14-28)45(43,44)29-19-17-26(3)18-20-29/h4-20,25,33H,21-24H2,1-3H3,(H,38,42). The van der Waals surface area contributed by atoms with Gasteiger partial charge in [-0.15, -0.1) is 0 Å². The van der Waals surface area contributed by atoms with Crippen LogP contribution in [0, 0.1) is 12.8 Å². The van der Waals surface area contributed by atoms with Crippen LogP contribution < -0.4 is 9.62 Å². The maximum Gasteiger partial charge on any atom is 0.264 e. The minimum atomic E-state index is -4.18. The van der Waals surface area contributed by atoms with Crippen molar-refractivity contribution in [3.8, 4) is 0 Å². The fraction of sp³-hybridized carbons (Fsp3) is 0.257. The van der Waals surface area contributed by atoms with Gasteiger partial charge < -0.3 is 10.2 Å². The molecule has 0 aliphatic carbocycles. The SMILES string of the molecule is Cc1ccc(S(=O)(=O)N(CC(=O)N(Cc2c(Cl)cccc2Cl)C(Cc2ccccc2)C(=O)NCC(C)C)c2ccccc2)cc1. The van der Waals surface area contributed by atoms with Gasteiger partial charge in [-0.1, -0.05) is 109 Å². The van der Waals surface area contributed by atoms with E-state index in [1.54, 1.807) is 60.7 Å². The number of sulfonamides is 1. The third kappa shape index (κ3) is 8.87. The second kappa shape index (κ2) is 15.4. The molecule has 0 aliphatic heterocycles. The fourth-order valence-corrected chi connectivity index (χ4v) is 6.72. The number of hydrogen-bond acceptors (Lipinski definition) is 4. The number of hydrogen-bond donors (Lipinski definition) is 1. The molecule has 1 atom stereocenters. The summed E-state index contributed by atoms with van der Waals surface area (Å²) in [7, 11) is -4.18. The van der Waals surface area contributed by atoms with Crippen LogP contribution in [0.15, 0.2) is 108 Å². The van der Waals surface area contributed by atoms with Gasteiger partial charge in [0.05, 0.1) is 10.6 Å². The monoisotopic (exact) mass is 665 g/mol. The first-order chi connectivity index (χ1) is 21.5. The molecule has 0 aliphatic rings. The predicted octanol–water partition coefficient (Wildman–Crippen LogP) is 6.91. The van der Waals surface area contributed by atoms with Crippen LogP contribution in [0.2, 0.25) is 10.0 Å². The van der Waals surface area contributed by atoms with Crippen molar-refractivity contribution in [2.45, 2.75) is 44.7 Å². The third-order valence-electron chi connectivity index (χ3n) is 7.28. The Balaban J connectivity index is 1.81. The highest BCUT2D eigenvalue weighted by molar-refractivity contribution is 7.92. The molecule has 0 saturated heterocycles. The van der Waals surface area contributed by atoms with E-state index >= 15 is 0 Å².